The van der Waals surface area contributed by atoms with Gasteiger partial charge < -0.3 is 4.42 Å². The van der Waals surface area contributed by atoms with Crippen molar-refractivity contribution < 1.29 is 18.9 Å². The molecule has 1 aromatic heterocycles. The number of rotatable bonds is 4. The second-order valence-corrected chi connectivity index (χ2v) is 7.55. The summed E-state index contributed by atoms with van der Waals surface area (Å²) in [5.41, 5.74) is 0.279. The first-order valence-corrected chi connectivity index (χ1v) is 9.48. The Bertz CT molecular complexity index is 1050. The minimum atomic E-state index is -0.475. The Morgan fingerprint density at radius 3 is 2.31 bits per heavy atom. The number of nitro benzene ring substituents is 1. The van der Waals surface area contributed by atoms with Gasteiger partial charge in [-0.2, -0.15) is 10.1 Å². The number of nitrogens with zero attached hydrogens (tertiary/aromatic N) is 3. The first kappa shape index (κ1) is 17.5. The molecule has 3 aliphatic carbocycles. The third kappa shape index (κ3) is 2.71. The van der Waals surface area contributed by atoms with E-state index in [-0.39, 0.29) is 41.2 Å². The van der Waals surface area contributed by atoms with Gasteiger partial charge in [0.25, 0.3) is 17.5 Å². The third-order valence-corrected chi connectivity index (χ3v) is 6.03. The van der Waals surface area contributed by atoms with Crippen LogP contribution in [0.2, 0.25) is 0 Å². The normalized spacial score (nSPS) is 27.8. The molecule has 0 radical (unpaired) electrons. The summed E-state index contributed by atoms with van der Waals surface area (Å²) < 4.78 is 5.65. The molecule has 0 spiro atoms. The molecule has 4 unspecified atom stereocenters. The van der Waals surface area contributed by atoms with Crippen molar-refractivity contribution in [2.24, 2.45) is 28.8 Å². The minimum Gasteiger partial charge on any atom is -0.455 e. The van der Waals surface area contributed by atoms with E-state index in [2.05, 4.69) is 17.3 Å². The van der Waals surface area contributed by atoms with Crippen molar-refractivity contribution in [1.29, 1.82) is 0 Å². The summed E-state index contributed by atoms with van der Waals surface area (Å²) in [5, 5.41) is 16.3. The number of para-hydroxylation sites is 1. The van der Waals surface area contributed by atoms with Crippen LogP contribution in [0.15, 0.2) is 58.1 Å². The van der Waals surface area contributed by atoms with Crippen LogP contribution in [0.3, 0.4) is 0 Å². The van der Waals surface area contributed by atoms with E-state index in [0.717, 1.165) is 17.9 Å². The van der Waals surface area contributed by atoms with E-state index < -0.39 is 4.92 Å². The van der Waals surface area contributed by atoms with E-state index in [9.17, 15) is 19.7 Å². The highest BCUT2D eigenvalue weighted by Crippen LogP contribution is 2.49. The lowest BCUT2D eigenvalue weighted by atomic mass is 9.63. The molecule has 2 heterocycles. The second-order valence-electron chi connectivity index (χ2n) is 7.55. The monoisotopic (exact) mass is 391 g/mol. The molecule has 4 atom stereocenters. The highest BCUT2D eigenvalue weighted by Gasteiger charge is 2.56. The zero-order valence-electron chi connectivity index (χ0n) is 15.3. The topological polar surface area (TPSA) is 106 Å². The highest BCUT2D eigenvalue weighted by molar-refractivity contribution is 6.06. The molecule has 8 nitrogen and oxygen atoms in total. The summed E-state index contributed by atoms with van der Waals surface area (Å²) >= 11 is 0. The van der Waals surface area contributed by atoms with Crippen LogP contribution in [0.25, 0.3) is 11.3 Å². The molecule has 0 N–H and O–H groups in total. The molecule has 146 valence electrons. The van der Waals surface area contributed by atoms with Crippen molar-refractivity contribution in [2.45, 2.75) is 12.8 Å². The van der Waals surface area contributed by atoms with Gasteiger partial charge >= 0.3 is 0 Å². The van der Waals surface area contributed by atoms with E-state index >= 15 is 0 Å². The number of furan rings is 1. The number of hydrazone groups is 1. The molecule has 2 amide bonds. The molecular weight excluding hydrogens is 374 g/mol. The Labute approximate surface area is 165 Å². The number of carbonyl (C=O) groups excluding carboxylic acids is 2. The molecule has 29 heavy (non-hydrogen) atoms. The lowest BCUT2D eigenvalue weighted by Crippen LogP contribution is -2.38. The van der Waals surface area contributed by atoms with E-state index in [0.29, 0.717) is 17.1 Å². The smallest absolute Gasteiger partial charge is 0.280 e. The summed E-state index contributed by atoms with van der Waals surface area (Å²) in [6.45, 7) is 0. The van der Waals surface area contributed by atoms with Crippen molar-refractivity contribution in [3.8, 4) is 11.3 Å². The van der Waals surface area contributed by atoms with E-state index in [1.807, 2.05) is 0 Å². The molecular formula is C21H17N3O5. The van der Waals surface area contributed by atoms with Crippen molar-refractivity contribution in [3.63, 3.8) is 0 Å². The molecule has 1 saturated heterocycles. The SMILES string of the molecule is O=C1C2C3C=CC(CC3)C2C(=O)N1N=Cc1ccc(-c2ccccc2[N+](=O)[O-])o1. The van der Waals surface area contributed by atoms with Crippen LogP contribution in [-0.2, 0) is 9.59 Å². The minimum absolute atomic E-state index is 0.0673. The average molecular weight is 391 g/mol. The van der Waals surface area contributed by atoms with Gasteiger partial charge in [-0.05, 0) is 42.9 Å². The Morgan fingerprint density at radius 1 is 1.03 bits per heavy atom. The lowest BCUT2D eigenvalue weighted by Gasteiger charge is -2.37. The largest absolute Gasteiger partial charge is 0.455 e. The lowest BCUT2D eigenvalue weighted by molar-refractivity contribution is -0.384. The quantitative estimate of drug-likeness (QED) is 0.261. The number of hydrogen-bond donors (Lipinski definition) is 0. The Morgan fingerprint density at radius 2 is 1.69 bits per heavy atom. The predicted molar refractivity (Wildman–Crippen MR) is 103 cm³/mol. The van der Waals surface area contributed by atoms with Crippen LogP contribution in [0.4, 0.5) is 5.69 Å². The Hall–Kier alpha value is -3.55. The Kier molecular flexibility index (Phi) is 3.94. The first-order valence-electron chi connectivity index (χ1n) is 9.48. The average Bonchev–Trinajstić information content (AvgIpc) is 3.32. The van der Waals surface area contributed by atoms with Gasteiger partial charge in [-0.1, -0.05) is 24.3 Å². The summed E-state index contributed by atoms with van der Waals surface area (Å²) in [4.78, 5) is 36.3. The molecule has 2 bridgehead atoms. The van der Waals surface area contributed by atoms with Crippen LogP contribution in [0.5, 0.6) is 0 Å². The molecule has 1 aliphatic heterocycles. The third-order valence-electron chi connectivity index (χ3n) is 6.03. The number of amides is 2. The van der Waals surface area contributed by atoms with Crippen molar-refractivity contribution in [2.75, 3.05) is 0 Å². The number of fused-ring (bicyclic) bond motifs is 1. The number of allylic oxidation sites excluding steroid dienone is 2. The van der Waals surface area contributed by atoms with Crippen LogP contribution >= 0.6 is 0 Å². The van der Waals surface area contributed by atoms with Gasteiger partial charge in [-0.3, -0.25) is 19.7 Å². The van der Waals surface area contributed by atoms with Crippen molar-refractivity contribution in [3.05, 3.63) is 64.4 Å². The number of carbonyl (C=O) groups is 2. The van der Waals surface area contributed by atoms with Crippen LogP contribution < -0.4 is 0 Å². The van der Waals surface area contributed by atoms with Gasteiger partial charge in [0.2, 0.25) is 0 Å². The van der Waals surface area contributed by atoms with E-state index in [1.165, 1.54) is 12.3 Å². The maximum absolute atomic E-state index is 12.8. The fourth-order valence-electron chi connectivity index (χ4n) is 4.70. The standard InChI is InChI=1S/C21H17N3O5/c25-20-18-12-5-6-13(8-7-12)19(18)21(26)23(20)22-11-14-9-10-17(29-14)15-3-1-2-4-16(15)24(27)28/h1-6,9-13,18-19H,7-8H2. The molecule has 2 aromatic rings. The predicted octanol–water partition coefficient (Wildman–Crippen LogP) is 3.39. The van der Waals surface area contributed by atoms with Crippen LogP contribution in [0, 0.1) is 33.8 Å². The zero-order valence-corrected chi connectivity index (χ0v) is 15.3. The van der Waals surface area contributed by atoms with E-state index in [4.69, 9.17) is 4.42 Å². The summed E-state index contributed by atoms with van der Waals surface area (Å²) in [5.74, 6) is -0.332. The van der Waals surface area contributed by atoms with Gasteiger partial charge in [0.15, 0.2) is 0 Å². The van der Waals surface area contributed by atoms with Crippen LogP contribution in [-0.4, -0.2) is 28.0 Å². The van der Waals surface area contributed by atoms with Gasteiger partial charge in [0, 0.05) is 6.07 Å². The van der Waals surface area contributed by atoms with Crippen molar-refractivity contribution >= 4 is 23.7 Å². The molecule has 1 saturated carbocycles. The number of nitro groups is 1. The van der Waals surface area contributed by atoms with E-state index in [1.54, 1.807) is 30.3 Å². The summed E-state index contributed by atoms with van der Waals surface area (Å²) in [6, 6.07) is 9.46. The molecule has 2 fully saturated rings. The molecule has 8 heteroatoms. The number of benzene rings is 1. The molecule has 6 rings (SSSR count). The summed E-state index contributed by atoms with van der Waals surface area (Å²) in [7, 11) is 0. The number of imide groups is 1. The Balaban J connectivity index is 1.39. The fourth-order valence-corrected chi connectivity index (χ4v) is 4.70. The van der Waals surface area contributed by atoms with Gasteiger partial charge in [0.1, 0.15) is 11.5 Å². The van der Waals surface area contributed by atoms with Gasteiger partial charge in [0.05, 0.1) is 28.5 Å². The highest BCUT2D eigenvalue weighted by atomic mass is 16.6. The first-order chi connectivity index (χ1) is 14.0. The molecule has 1 aromatic carbocycles. The van der Waals surface area contributed by atoms with Crippen LogP contribution in [0.1, 0.15) is 18.6 Å². The summed E-state index contributed by atoms with van der Waals surface area (Å²) in [6.07, 6.45) is 7.27. The fraction of sp³-hybridized carbons (Fsp3) is 0.286. The number of hydrogen-bond acceptors (Lipinski definition) is 6. The maximum atomic E-state index is 12.8. The van der Waals surface area contributed by atoms with Gasteiger partial charge in [-0.15, -0.1) is 0 Å². The maximum Gasteiger partial charge on any atom is 0.280 e. The molecule has 4 aliphatic rings. The zero-order chi connectivity index (χ0) is 20.1. The second kappa shape index (κ2) is 6.51. The van der Waals surface area contributed by atoms with Gasteiger partial charge in [-0.25, -0.2) is 0 Å². The van der Waals surface area contributed by atoms with Crippen molar-refractivity contribution in [1.82, 2.24) is 5.01 Å².